The van der Waals surface area contributed by atoms with Crippen LogP contribution in [0.2, 0.25) is 0 Å². The van der Waals surface area contributed by atoms with Crippen LogP contribution in [0, 0.1) is 19.8 Å². The Bertz CT molecular complexity index is 1200. The number of sulfonamides is 1. The van der Waals surface area contributed by atoms with Crippen molar-refractivity contribution in [2.24, 2.45) is 5.92 Å². The molecular weight excluding hydrogens is 510 g/mol. The third-order valence-corrected chi connectivity index (χ3v) is 9.78. The SMILES string of the molecule is CC[C@@H]1[C@@H](SCCC(=O)OC(C)(C)C)[C@@H](C(=O)O)[C@H](c2ccc(C)cc2)N1S(=O)(=O)c1ccc(C)cc1. The molecule has 9 heteroatoms. The fourth-order valence-electron chi connectivity index (χ4n) is 4.78. The molecule has 1 saturated heterocycles. The Labute approximate surface area is 224 Å². The van der Waals surface area contributed by atoms with Gasteiger partial charge in [0.15, 0.2) is 0 Å². The molecule has 7 nitrogen and oxygen atoms in total. The summed E-state index contributed by atoms with van der Waals surface area (Å²) in [6.07, 6.45) is 0.544. The summed E-state index contributed by atoms with van der Waals surface area (Å²) in [6, 6.07) is 12.5. The molecule has 0 unspecified atom stereocenters. The van der Waals surface area contributed by atoms with Crippen molar-refractivity contribution >= 4 is 33.7 Å². The van der Waals surface area contributed by atoms with Crippen molar-refractivity contribution in [3.8, 4) is 0 Å². The molecular formula is C28H37NO6S2. The van der Waals surface area contributed by atoms with Gasteiger partial charge in [0.05, 0.1) is 23.3 Å². The van der Waals surface area contributed by atoms with Gasteiger partial charge in [-0.25, -0.2) is 8.42 Å². The minimum absolute atomic E-state index is 0.112. The van der Waals surface area contributed by atoms with E-state index in [1.54, 1.807) is 45.0 Å². The molecule has 0 radical (unpaired) electrons. The van der Waals surface area contributed by atoms with Crippen molar-refractivity contribution in [1.29, 1.82) is 0 Å². The molecule has 2 aromatic carbocycles. The average Bonchev–Trinajstić information content (AvgIpc) is 3.14. The van der Waals surface area contributed by atoms with Gasteiger partial charge < -0.3 is 9.84 Å². The second kappa shape index (κ2) is 11.6. The number of carboxylic acids is 1. The summed E-state index contributed by atoms with van der Waals surface area (Å²) in [5.74, 6) is -2.08. The molecule has 1 aliphatic heterocycles. The third-order valence-electron chi connectivity index (χ3n) is 6.43. The van der Waals surface area contributed by atoms with Crippen molar-refractivity contribution in [2.75, 3.05) is 5.75 Å². The summed E-state index contributed by atoms with van der Waals surface area (Å²) >= 11 is 1.34. The second-order valence-electron chi connectivity index (χ2n) is 10.5. The Morgan fingerprint density at radius 1 is 1.00 bits per heavy atom. The van der Waals surface area contributed by atoms with Gasteiger partial charge in [-0.05, 0) is 58.7 Å². The molecule has 1 fully saturated rings. The monoisotopic (exact) mass is 547 g/mol. The van der Waals surface area contributed by atoms with Gasteiger partial charge in [-0.3, -0.25) is 9.59 Å². The first kappa shape index (κ1) is 29.2. The first-order valence-corrected chi connectivity index (χ1v) is 15.0. The number of esters is 1. The molecule has 202 valence electrons. The maximum Gasteiger partial charge on any atom is 0.309 e. The summed E-state index contributed by atoms with van der Waals surface area (Å²) in [6.45, 7) is 11.1. The van der Waals surface area contributed by atoms with Gasteiger partial charge in [0.1, 0.15) is 5.60 Å². The minimum Gasteiger partial charge on any atom is -0.481 e. The number of nitrogens with zero attached hydrogens (tertiary/aromatic N) is 1. The standard InChI is InChI=1S/C28H37NO6S2/c1-7-22-26(36-17-16-23(30)35-28(4,5)6)24(27(31)32)25(20-12-8-18(2)9-13-20)29(22)37(33,34)21-14-10-19(3)11-15-21/h8-15,22,24-26H,7,16-17H2,1-6H3,(H,31,32)/t22-,24+,25+,26-/m1/s1. The van der Waals surface area contributed by atoms with Crippen molar-refractivity contribution in [1.82, 2.24) is 4.31 Å². The van der Waals surface area contributed by atoms with Crippen molar-refractivity contribution in [3.05, 3.63) is 65.2 Å². The predicted molar refractivity (Wildman–Crippen MR) is 146 cm³/mol. The first-order valence-electron chi connectivity index (χ1n) is 12.5. The van der Waals surface area contributed by atoms with Gasteiger partial charge in [-0.2, -0.15) is 16.1 Å². The summed E-state index contributed by atoms with van der Waals surface area (Å²) in [5, 5.41) is 9.86. The van der Waals surface area contributed by atoms with Gasteiger partial charge in [-0.15, -0.1) is 0 Å². The fourth-order valence-corrected chi connectivity index (χ4v) is 8.34. The van der Waals surface area contributed by atoms with Gasteiger partial charge in [0.2, 0.25) is 10.0 Å². The highest BCUT2D eigenvalue weighted by Crippen LogP contribution is 2.50. The zero-order chi connectivity index (χ0) is 27.5. The number of carboxylic acid groups (broad SMARTS) is 1. The third kappa shape index (κ3) is 6.75. The lowest BCUT2D eigenvalue weighted by molar-refractivity contribution is -0.154. The van der Waals surface area contributed by atoms with Gasteiger partial charge >= 0.3 is 11.9 Å². The van der Waals surface area contributed by atoms with Crippen LogP contribution in [0.5, 0.6) is 0 Å². The number of thioether (sulfide) groups is 1. The molecule has 2 aromatic rings. The largest absolute Gasteiger partial charge is 0.481 e. The Morgan fingerprint density at radius 2 is 1.54 bits per heavy atom. The zero-order valence-corrected chi connectivity index (χ0v) is 23.9. The molecule has 0 aromatic heterocycles. The Kier molecular flexibility index (Phi) is 9.14. The second-order valence-corrected chi connectivity index (χ2v) is 13.6. The van der Waals surface area contributed by atoms with Crippen LogP contribution in [0.3, 0.4) is 0 Å². The van der Waals surface area contributed by atoms with E-state index in [0.717, 1.165) is 11.1 Å². The zero-order valence-electron chi connectivity index (χ0n) is 22.3. The van der Waals surface area contributed by atoms with E-state index in [2.05, 4.69) is 0 Å². The number of carbonyl (C=O) groups excluding carboxylic acids is 1. The molecule has 0 saturated carbocycles. The number of aliphatic carboxylic acids is 1. The quantitative estimate of drug-likeness (QED) is 0.422. The molecule has 0 amide bonds. The minimum atomic E-state index is -4.02. The number of hydrogen-bond acceptors (Lipinski definition) is 6. The van der Waals surface area contributed by atoms with Crippen LogP contribution in [0.15, 0.2) is 53.4 Å². The van der Waals surface area contributed by atoms with E-state index in [9.17, 15) is 23.1 Å². The van der Waals surface area contributed by atoms with Crippen LogP contribution in [-0.2, 0) is 24.3 Å². The lowest BCUT2D eigenvalue weighted by atomic mass is 9.92. The van der Waals surface area contributed by atoms with E-state index in [1.165, 1.54) is 16.1 Å². The van der Waals surface area contributed by atoms with Gasteiger partial charge in [-0.1, -0.05) is 54.4 Å². The van der Waals surface area contributed by atoms with E-state index in [1.807, 2.05) is 45.0 Å². The van der Waals surface area contributed by atoms with E-state index in [0.29, 0.717) is 17.7 Å². The highest BCUT2D eigenvalue weighted by atomic mass is 32.2. The number of hydrogen-bond donors (Lipinski definition) is 1. The molecule has 1 aliphatic rings. The van der Waals surface area contributed by atoms with Crippen LogP contribution in [0.4, 0.5) is 0 Å². The van der Waals surface area contributed by atoms with Crippen LogP contribution in [-0.4, -0.2) is 52.4 Å². The van der Waals surface area contributed by atoms with E-state index in [4.69, 9.17) is 4.74 Å². The predicted octanol–water partition coefficient (Wildman–Crippen LogP) is 5.36. The van der Waals surface area contributed by atoms with Gasteiger partial charge in [0.25, 0.3) is 0 Å². The first-order chi connectivity index (χ1) is 17.3. The molecule has 0 spiro atoms. The van der Waals surface area contributed by atoms with E-state index < -0.39 is 44.8 Å². The van der Waals surface area contributed by atoms with E-state index in [-0.39, 0.29) is 17.3 Å². The smallest absolute Gasteiger partial charge is 0.309 e. The Morgan fingerprint density at radius 3 is 2.03 bits per heavy atom. The average molecular weight is 548 g/mol. The van der Waals surface area contributed by atoms with Crippen molar-refractivity contribution < 1.29 is 27.9 Å². The summed E-state index contributed by atoms with van der Waals surface area (Å²) in [7, 11) is -4.02. The number of ether oxygens (including phenoxy) is 1. The molecule has 37 heavy (non-hydrogen) atoms. The summed E-state index contributed by atoms with van der Waals surface area (Å²) < 4.78 is 34.9. The summed E-state index contributed by atoms with van der Waals surface area (Å²) in [5.41, 5.74) is 1.96. The number of rotatable bonds is 9. The highest BCUT2D eigenvalue weighted by Gasteiger charge is 2.56. The topological polar surface area (TPSA) is 101 Å². The molecule has 1 heterocycles. The lowest BCUT2D eigenvalue weighted by Gasteiger charge is -2.30. The number of carbonyl (C=O) groups is 2. The molecule has 4 atom stereocenters. The Hall–Kier alpha value is -2.36. The molecule has 0 bridgehead atoms. The highest BCUT2D eigenvalue weighted by molar-refractivity contribution is 8.00. The van der Waals surface area contributed by atoms with Crippen LogP contribution < -0.4 is 0 Å². The van der Waals surface area contributed by atoms with E-state index >= 15 is 0 Å². The number of benzene rings is 2. The maximum absolute atomic E-state index is 14.1. The van der Waals surface area contributed by atoms with Crippen molar-refractivity contribution in [3.63, 3.8) is 0 Å². The molecule has 3 rings (SSSR count). The van der Waals surface area contributed by atoms with Crippen LogP contribution in [0.25, 0.3) is 0 Å². The lowest BCUT2D eigenvalue weighted by Crippen LogP contribution is -2.39. The van der Waals surface area contributed by atoms with Gasteiger partial charge in [0, 0.05) is 17.0 Å². The van der Waals surface area contributed by atoms with Crippen LogP contribution in [0.1, 0.15) is 63.3 Å². The fraction of sp³-hybridized carbons (Fsp3) is 0.500. The molecule has 1 N–H and O–H groups in total. The molecule has 0 aliphatic carbocycles. The number of aryl methyl sites for hydroxylation is 2. The van der Waals surface area contributed by atoms with Crippen molar-refractivity contribution in [2.45, 2.75) is 82.2 Å². The normalized spacial score (nSPS) is 22.6. The summed E-state index contributed by atoms with van der Waals surface area (Å²) in [4.78, 5) is 25.2. The maximum atomic E-state index is 14.1. The van der Waals surface area contributed by atoms with Crippen LogP contribution >= 0.6 is 11.8 Å². The Balaban J connectivity index is 2.04.